The predicted molar refractivity (Wildman–Crippen MR) is 84.9 cm³/mol. The number of phenolic OH excluding ortho intramolecular Hbond substituents is 1. The molecule has 0 fully saturated rings. The number of aromatic hydroxyl groups is 1. The molecule has 0 bridgehead atoms. The minimum Gasteiger partial charge on any atom is -0.508 e. The van der Waals surface area contributed by atoms with Gasteiger partial charge in [-0.25, -0.2) is 0 Å². The number of nitrogens with one attached hydrogen (secondary N) is 2. The maximum Gasteiger partial charge on any atom is 0.155 e. The lowest BCUT2D eigenvalue weighted by molar-refractivity contribution is 0.460. The second-order valence-corrected chi connectivity index (χ2v) is 5.74. The Balaban J connectivity index is 1.70. The molecule has 3 N–H and O–H groups in total. The number of hydrogen-bond donors (Lipinski definition) is 3. The lowest BCUT2D eigenvalue weighted by atomic mass is 10.2. The highest BCUT2D eigenvalue weighted by atomic mass is 79.9. The van der Waals surface area contributed by atoms with Gasteiger partial charge in [-0.1, -0.05) is 28.1 Å². The molecule has 2 aromatic carbocycles. The smallest absolute Gasteiger partial charge is 0.155 e. The lowest BCUT2D eigenvalue weighted by Crippen LogP contribution is -2.44. The van der Waals surface area contributed by atoms with E-state index in [0.717, 1.165) is 15.7 Å². The third kappa shape index (κ3) is 2.46. The van der Waals surface area contributed by atoms with Crippen molar-refractivity contribution in [3.63, 3.8) is 0 Å². The molecule has 20 heavy (non-hydrogen) atoms. The molecule has 1 heterocycles. The zero-order valence-corrected chi connectivity index (χ0v) is 12.7. The van der Waals surface area contributed by atoms with Crippen molar-refractivity contribution in [2.75, 3.05) is 17.3 Å². The van der Waals surface area contributed by atoms with E-state index in [1.165, 1.54) is 5.69 Å². The quantitative estimate of drug-likeness (QED) is 0.807. The Labute approximate surface area is 126 Å². The molecule has 0 aromatic heterocycles. The summed E-state index contributed by atoms with van der Waals surface area (Å²) in [5.41, 5.74) is 3.15. The molecule has 1 aliphatic rings. The van der Waals surface area contributed by atoms with E-state index in [0.29, 0.717) is 12.3 Å². The van der Waals surface area contributed by atoms with Crippen LogP contribution in [0.1, 0.15) is 5.56 Å². The predicted octanol–water partition coefficient (Wildman–Crippen LogP) is 3.09. The van der Waals surface area contributed by atoms with Gasteiger partial charge < -0.3 is 15.3 Å². The SMILES string of the molecule is CN1c2ccccc2NC1NCc1cc(Br)ccc1O. The van der Waals surface area contributed by atoms with E-state index in [1.54, 1.807) is 6.07 Å². The van der Waals surface area contributed by atoms with Crippen LogP contribution in [0.3, 0.4) is 0 Å². The molecule has 1 unspecified atom stereocenters. The highest BCUT2D eigenvalue weighted by Crippen LogP contribution is 2.32. The van der Waals surface area contributed by atoms with Gasteiger partial charge in [0.05, 0.1) is 11.4 Å². The number of hydrogen-bond acceptors (Lipinski definition) is 4. The van der Waals surface area contributed by atoms with E-state index >= 15 is 0 Å². The minimum absolute atomic E-state index is 0.0192. The average molecular weight is 334 g/mol. The van der Waals surface area contributed by atoms with Crippen LogP contribution in [-0.4, -0.2) is 18.4 Å². The molecule has 0 amide bonds. The molecule has 0 aliphatic carbocycles. The zero-order chi connectivity index (χ0) is 14.1. The number of anilines is 2. The lowest BCUT2D eigenvalue weighted by Gasteiger charge is -2.23. The van der Waals surface area contributed by atoms with E-state index in [1.807, 2.05) is 31.3 Å². The molecule has 0 radical (unpaired) electrons. The number of fused-ring (bicyclic) bond motifs is 1. The summed E-state index contributed by atoms with van der Waals surface area (Å²) in [6.45, 7) is 0.585. The molecule has 0 saturated heterocycles. The van der Waals surface area contributed by atoms with Crippen molar-refractivity contribution in [3.8, 4) is 5.75 Å². The number of halogens is 1. The minimum atomic E-state index is 0.0192. The van der Waals surface area contributed by atoms with Crippen molar-refractivity contribution in [3.05, 3.63) is 52.5 Å². The summed E-state index contributed by atoms with van der Waals surface area (Å²) < 4.78 is 0.961. The first-order valence-electron chi connectivity index (χ1n) is 6.44. The van der Waals surface area contributed by atoms with Crippen LogP contribution in [-0.2, 0) is 6.54 Å². The Morgan fingerprint density at radius 2 is 2.10 bits per heavy atom. The first-order chi connectivity index (χ1) is 9.65. The van der Waals surface area contributed by atoms with Gasteiger partial charge in [0.1, 0.15) is 5.75 Å². The van der Waals surface area contributed by atoms with Gasteiger partial charge in [-0.3, -0.25) is 5.32 Å². The number of para-hydroxylation sites is 2. The summed E-state index contributed by atoms with van der Waals surface area (Å²) in [6, 6.07) is 13.6. The van der Waals surface area contributed by atoms with E-state index in [4.69, 9.17) is 0 Å². The van der Waals surface area contributed by atoms with Crippen LogP contribution in [0, 0.1) is 0 Å². The van der Waals surface area contributed by atoms with E-state index in [2.05, 4.69) is 43.6 Å². The molecule has 3 rings (SSSR count). The van der Waals surface area contributed by atoms with E-state index < -0.39 is 0 Å². The second-order valence-electron chi connectivity index (χ2n) is 4.83. The molecule has 1 aliphatic heterocycles. The molecular weight excluding hydrogens is 318 g/mol. The van der Waals surface area contributed by atoms with Crippen molar-refractivity contribution in [2.45, 2.75) is 12.8 Å². The van der Waals surface area contributed by atoms with Gasteiger partial charge in [0, 0.05) is 23.6 Å². The van der Waals surface area contributed by atoms with Crippen LogP contribution in [0.25, 0.3) is 0 Å². The number of nitrogens with zero attached hydrogens (tertiary/aromatic N) is 1. The highest BCUT2D eigenvalue weighted by molar-refractivity contribution is 9.10. The second kappa shape index (κ2) is 5.34. The van der Waals surface area contributed by atoms with Crippen LogP contribution in [0.4, 0.5) is 11.4 Å². The number of benzene rings is 2. The molecule has 0 saturated carbocycles. The Bertz CT molecular complexity index is 632. The molecule has 104 valence electrons. The first kappa shape index (κ1) is 13.3. The fourth-order valence-corrected chi connectivity index (χ4v) is 2.79. The number of rotatable bonds is 3. The molecule has 4 nitrogen and oxygen atoms in total. The molecule has 2 aromatic rings. The summed E-state index contributed by atoms with van der Waals surface area (Å²) in [5, 5.41) is 16.7. The topological polar surface area (TPSA) is 47.5 Å². The van der Waals surface area contributed by atoms with Gasteiger partial charge in [0.2, 0.25) is 0 Å². The summed E-state index contributed by atoms with van der Waals surface area (Å²) in [6.07, 6.45) is 0.0192. The van der Waals surface area contributed by atoms with Crippen LogP contribution < -0.4 is 15.5 Å². The Hall–Kier alpha value is -1.72. The monoisotopic (exact) mass is 333 g/mol. The van der Waals surface area contributed by atoms with Gasteiger partial charge >= 0.3 is 0 Å². The highest BCUT2D eigenvalue weighted by Gasteiger charge is 2.24. The van der Waals surface area contributed by atoms with Crippen LogP contribution in [0.2, 0.25) is 0 Å². The van der Waals surface area contributed by atoms with E-state index in [-0.39, 0.29) is 6.29 Å². The van der Waals surface area contributed by atoms with Gasteiger partial charge in [-0.15, -0.1) is 0 Å². The Kier molecular flexibility index (Phi) is 3.54. The van der Waals surface area contributed by atoms with Crippen molar-refractivity contribution in [1.82, 2.24) is 5.32 Å². The van der Waals surface area contributed by atoms with Gasteiger partial charge in [-0.2, -0.15) is 0 Å². The fourth-order valence-electron chi connectivity index (χ4n) is 2.38. The molecule has 0 spiro atoms. The standard InChI is InChI=1S/C15H16BrN3O/c1-19-13-5-3-2-4-12(13)18-15(19)17-9-10-8-11(16)6-7-14(10)20/h2-8,15,17-18,20H,9H2,1H3. The zero-order valence-electron chi connectivity index (χ0n) is 11.1. The third-order valence-electron chi connectivity index (χ3n) is 3.49. The Morgan fingerprint density at radius 3 is 2.90 bits per heavy atom. The van der Waals surface area contributed by atoms with Crippen LogP contribution in [0.15, 0.2) is 46.9 Å². The first-order valence-corrected chi connectivity index (χ1v) is 7.23. The van der Waals surface area contributed by atoms with Crippen LogP contribution in [0.5, 0.6) is 5.75 Å². The maximum absolute atomic E-state index is 9.85. The fraction of sp³-hybridized carbons (Fsp3) is 0.200. The summed E-state index contributed by atoms with van der Waals surface area (Å²) in [4.78, 5) is 2.14. The summed E-state index contributed by atoms with van der Waals surface area (Å²) >= 11 is 3.42. The van der Waals surface area contributed by atoms with Crippen LogP contribution >= 0.6 is 15.9 Å². The molecular formula is C15H16BrN3O. The number of phenols is 1. The molecule has 1 atom stereocenters. The Morgan fingerprint density at radius 1 is 1.30 bits per heavy atom. The molecule has 5 heteroatoms. The maximum atomic E-state index is 9.85. The third-order valence-corrected chi connectivity index (χ3v) is 3.98. The summed E-state index contributed by atoms with van der Waals surface area (Å²) in [5.74, 6) is 0.305. The largest absolute Gasteiger partial charge is 0.508 e. The van der Waals surface area contributed by atoms with Crippen molar-refractivity contribution in [1.29, 1.82) is 0 Å². The van der Waals surface area contributed by atoms with Crippen molar-refractivity contribution in [2.24, 2.45) is 0 Å². The summed E-state index contributed by atoms with van der Waals surface area (Å²) in [7, 11) is 2.04. The van der Waals surface area contributed by atoms with Gasteiger partial charge in [-0.05, 0) is 30.3 Å². The van der Waals surface area contributed by atoms with Gasteiger partial charge in [0.25, 0.3) is 0 Å². The van der Waals surface area contributed by atoms with Crippen molar-refractivity contribution >= 4 is 27.3 Å². The normalized spacial score (nSPS) is 16.9. The van der Waals surface area contributed by atoms with Crippen molar-refractivity contribution < 1.29 is 5.11 Å². The van der Waals surface area contributed by atoms with Gasteiger partial charge in [0.15, 0.2) is 6.29 Å². The average Bonchev–Trinajstić information content (AvgIpc) is 2.77. The van der Waals surface area contributed by atoms with E-state index in [9.17, 15) is 5.11 Å².